The van der Waals surface area contributed by atoms with Gasteiger partial charge in [0.1, 0.15) is 0 Å². The third kappa shape index (κ3) is 12.3. The third-order valence-corrected chi connectivity index (χ3v) is 3.87. The number of hydrogen-bond acceptors (Lipinski definition) is 4. The van der Waals surface area contributed by atoms with Crippen molar-refractivity contribution >= 4 is 9.05 Å². The van der Waals surface area contributed by atoms with Crippen LogP contribution in [0.25, 0.3) is 0 Å². The zero-order chi connectivity index (χ0) is 13.0. The summed E-state index contributed by atoms with van der Waals surface area (Å²) in [7, 11) is -3.79. The second-order valence-electron chi connectivity index (χ2n) is 4.30. The Morgan fingerprint density at radius 1 is 0.765 bits per heavy atom. The fraction of sp³-hybridized carbons (Fsp3) is 1.00. The summed E-state index contributed by atoms with van der Waals surface area (Å²) in [5.74, 6) is 0. The number of rotatable bonds is 12. The van der Waals surface area contributed by atoms with Crippen LogP contribution in [0.2, 0.25) is 0 Å². The van der Waals surface area contributed by atoms with Crippen molar-refractivity contribution in [2.75, 3.05) is 13.2 Å². The van der Waals surface area contributed by atoms with Crippen LogP contribution < -0.4 is 0 Å². The molecular weight excluding hydrogens is 236 g/mol. The molecule has 2 N–H and O–H groups in total. The van der Waals surface area contributed by atoms with E-state index in [0.717, 1.165) is 12.8 Å². The van der Waals surface area contributed by atoms with E-state index in [1.165, 1.54) is 38.5 Å². The Balaban J connectivity index is 3.18. The average Bonchev–Trinajstić information content (AvgIpc) is 2.27. The first-order valence-corrected chi connectivity index (χ1v) is 8.56. The fourth-order valence-corrected chi connectivity index (χ4v) is 2.54. The van der Waals surface area contributed by atoms with Crippen molar-refractivity contribution in [1.82, 2.24) is 0 Å². The maximum Gasteiger partial charge on any atom is 0.674 e. The van der Waals surface area contributed by atoms with Gasteiger partial charge in [0.15, 0.2) is 0 Å². The van der Waals surface area contributed by atoms with Gasteiger partial charge in [-0.2, -0.15) is 0 Å². The Hall–Kier alpha value is 0.0569. The second-order valence-corrected chi connectivity index (χ2v) is 5.98. The second kappa shape index (κ2) is 11.2. The highest BCUT2D eigenvalue weighted by Crippen LogP contribution is 2.09. The van der Waals surface area contributed by atoms with E-state index >= 15 is 0 Å². The van der Waals surface area contributed by atoms with Gasteiger partial charge in [-0.1, -0.05) is 51.9 Å². The normalized spacial score (nSPS) is 12.0. The molecule has 0 spiro atoms. The van der Waals surface area contributed by atoms with Gasteiger partial charge in [0, 0.05) is 13.2 Å². The van der Waals surface area contributed by atoms with Crippen molar-refractivity contribution in [3.05, 3.63) is 0 Å². The van der Waals surface area contributed by atoms with Crippen LogP contribution in [-0.2, 0) is 8.85 Å². The van der Waals surface area contributed by atoms with Crippen molar-refractivity contribution in [3.8, 4) is 0 Å². The minimum absolute atomic E-state index is 0.274. The van der Waals surface area contributed by atoms with Crippen molar-refractivity contribution in [2.45, 2.75) is 65.2 Å². The highest BCUT2D eigenvalue weighted by atomic mass is 28.4. The first-order chi connectivity index (χ1) is 8.12. The standard InChI is InChI=1S/C12H28O4Si/c1-3-5-6-7-8-9-10-11-12-16-17(13,14)15-4-2/h13-14H,3-12H2,1-2H3. The molecule has 0 aliphatic heterocycles. The highest BCUT2D eigenvalue weighted by Gasteiger charge is 2.35. The number of unbranched alkanes of at least 4 members (excludes halogenated alkanes) is 7. The van der Waals surface area contributed by atoms with Crippen LogP contribution in [0.1, 0.15) is 65.2 Å². The maximum atomic E-state index is 9.26. The Kier molecular flexibility index (Phi) is 11.2. The van der Waals surface area contributed by atoms with E-state index in [9.17, 15) is 9.59 Å². The van der Waals surface area contributed by atoms with E-state index < -0.39 is 9.05 Å². The van der Waals surface area contributed by atoms with Crippen LogP contribution in [0.5, 0.6) is 0 Å². The Morgan fingerprint density at radius 2 is 1.29 bits per heavy atom. The van der Waals surface area contributed by atoms with Crippen LogP contribution in [0, 0.1) is 0 Å². The Labute approximate surface area is 106 Å². The smallest absolute Gasteiger partial charge is 0.367 e. The summed E-state index contributed by atoms with van der Waals surface area (Å²) in [5, 5.41) is 0. The van der Waals surface area contributed by atoms with E-state index in [4.69, 9.17) is 8.85 Å². The summed E-state index contributed by atoms with van der Waals surface area (Å²) in [5.41, 5.74) is 0. The molecule has 0 unspecified atom stereocenters. The molecule has 0 atom stereocenters. The summed E-state index contributed by atoms with van der Waals surface area (Å²) in [6, 6.07) is 0. The molecule has 0 amide bonds. The molecule has 0 radical (unpaired) electrons. The molecule has 0 aromatic carbocycles. The van der Waals surface area contributed by atoms with Gasteiger partial charge in [0.05, 0.1) is 0 Å². The van der Waals surface area contributed by atoms with Crippen LogP contribution in [0.4, 0.5) is 0 Å². The molecule has 0 aromatic heterocycles. The lowest BCUT2D eigenvalue weighted by molar-refractivity contribution is 0.0267. The van der Waals surface area contributed by atoms with E-state index in [0.29, 0.717) is 6.61 Å². The Bertz CT molecular complexity index is 165. The van der Waals surface area contributed by atoms with Crippen LogP contribution in [0.3, 0.4) is 0 Å². The van der Waals surface area contributed by atoms with E-state index in [-0.39, 0.29) is 6.61 Å². The third-order valence-electron chi connectivity index (χ3n) is 2.62. The largest absolute Gasteiger partial charge is 0.674 e. The first-order valence-electron chi connectivity index (χ1n) is 6.85. The molecule has 0 rings (SSSR count). The minimum atomic E-state index is -3.79. The molecule has 0 heterocycles. The summed E-state index contributed by atoms with van der Waals surface area (Å²) < 4.78 is 9.67. The lowest BCUT2D eigenvalue weighted by atomic mass is 10.1. The van der Waals surface area contributed by atoms with Gasteiger partial charge < -0.3 is 18.4 Å². The van der Waals surface area contributed by atoms with Crippen molar-refractivity contribution in [1.29, 1.82) is 0 Å². The van der Waals surface area contributed by atoms with Crippen LogP contribution in [-0.4, -0.2) is 31.9 Å². The summed E-state index contributed by atoms with van der Waals surface area (Å²) in [6.07, 6.45) is 9.69. The summed E-state index contributed by atoms with van der Waals surface area (Å²) in [6.45, 7) is 4.59. The molecule has 0 fully saturated rings. The number of hydrogen-bond donors (Lipinski definition) is 2. The van der Waals surface area contributed by atoms with E-state index in [2.05, 4.69) is 6.92 Å². The van der Waals surface area contributed by atoms with Gasteiger partial charge >= 0.3 is 9.05 Å². The summed E-state index contributed by atoms with van der Waals surface area (Å²) in [4.78, 5) is 18.5. The predicted molar refractivity (Wildman–Crippen MR) is 70.4 cm³/mol. The van der Waals surface area contributed by atoms with Gasteiger partial charge in [0.2, 0.25) is 0 Å². The fourth-order valence-electron chi connectivity index (χ4n) is 1.67. The summed E-state index contributed by atoms with van der Waals surface area (Å²) >= 11 is 0. The molecule has 0 aliphatic carbocycles. The molecule has 5 heteroatoms. The molecule has 0 saturated heterocycles. The van der Waals surface area contributed by atoms with Crippen molar-refractivity contribution in [2.24, 2.45) is 0 Å². The van der Waals surface area contributed by atoms with Crippen LogP contribution >= 0.6 is 0 Å². The lowest BCUT2D eigenvalue weighted by Crippen LogP contribution is -2.43. The van der Waals surface area contributed by atoms with Gasteiger partial charge in [-0.25, -0.2) is 0 Å². The first kappa shape index (κ1) is 17.1. The predicted octanol–water partition coefficient (Wildman–Crippen LogP) is 2.60. The monoisotopic (exact) mass is 264 g/mol. The van der Waals surface area contributed by atoms with Crippen molar-refractivity contribution < 1.29 is 18.4 Å². The molecule has 17 heavy (non-hydrogen) atoms. The molecule has 0 aliphatic rings. The molecule has 0 saturated carbocycles. The SMILES string of the molecule is CCCCCCCCCCO[Si](O)(O)OCC. The van der Waals surface area contributed by atoms with E-state index in [1.807, 2.05) is 0 Å². The quantitative estimate of drug-likeness (QED) is 0.420. The van der Waals surface area contributed by atoms with Crippen LogP contribution in [0.15, 0.2) is 0 Å². The van der Waals surface area contributed by atoms with Gasteiger partial charge in [-0.15, -0.1) is 0 Å². The zero-order valence-electron chi connectivity index (χ0n) is 11.3. The Morgan fingerprint density at radius 3 is 1.82 bits per heavy atom. The highest BCUT2D eigenvalue weighted by molar-refractivity contribution is 6.50. The van der Waals surface area contributed by atoms with Crippen molar-refractivity contribution in [3.63, 3.8) is 0 Å². The maximum absolute atomic E-state index is 9.26. The average molecular weight is 264 g/mol. The topological polar surface area (TPSA) is 58.9 Å². The van der Waals surface area contributed by atoms with E-state index in [1.54, 1.807) is 6.92 Å². The molecule has 104 valence electrons. The minimum Gasteiger partial charge on any atom is -0.367 e. The molecule has 0 bridgehead atoms. The molecular formula is C12H28O4Si. The molecule has 4 nitrogen and oxygen atoms in total. The molecule has 0 aromatic rings. The van der Waals surface area contributed by atoms with Gasteiger partial charge in [-0.3, -0.25) is 0 Å². The lowest BCUT2D eigenvalue weighted by Gasteiger charge is -2.15. The zero-order valence-corrected chi connectivity index (χ0v) is 12.3. The van der Waals surface area contributed by atoms with Gasteiger partial charge in [0.25, 0.3) is 0 Å². The van der Waals surface area contributed by atoms with Gasteiger partial charge in [-0.05, 0) is 13.3 Å².